The molecule has 0 spiro atoms. The Hall–Kier alpha value is 0.803. The maximum Gasteiger partial charge on any atom is 0 e. The van der Waals surface area contributed by atoms with Crippen molar-refractivity contribution in [1.29, 1.82) is 0 Å². The van der Waals surface area contributed by atoms with E-state index in [1.165, 1.54) is 0 Å². The summed E-state index contributed by atoms with van der Waals surface area (Å²) in [6.45, 7) is 0. The second kappa shape index (κ2) is 3.76. The molecule has 0 aromatic carbocycles. The number of hydrogen-bond donors (Lipinski definition) is 0. The van der Waals surface area contributed by atoms with Crippen molar-refractivity contribution in [3.63, 3.8) is 0 Å². The van der Waals surface area contributed by atoms with E-state index < -0.39 is 0 Å². The van der Waals surface area contributed by atoms with Gasteiger partial charge in [-0.3, -0.25) is 11.3 Å². The molecule has 0 N–H and O–H groups in total. The molecule has 7 heavy (non-hydrogen) atoms. The van der Waals surface area contributed by atoms with Crippen LogP contribution < -0.4 is 0 Å². The zero-order chi connectivity index (χ0) is 4.41. The minimum atomic E-state index is 0. The molecule has 0 radical (unpaired) electrons. The molecule has 3 heteroatoms. The molecule has 0 aliphatic carbocycles. The average Bonchev–Trinajstić information content (AvgIpc) is 1.86. The van der Waals surface area contributed by atoms with Crippen LogP contribution in [0.25, 0.3) is 0 Å². The van der Waals surface area contributed by atoms with E-state index in [0.29, 0.717) is 0 Å². The molecule has 0 unspecified atom stereocenters. The molecule has 1 aromatic heterocycles. The van der Waals surface area contributed by atoms with Crippen LogP contribution >= 0.6 is 27.3 Å². The van der Waals surface area contributed by atoms with E-state index in [0.717, 1.165) is 3.79 Å². The summed E-state index contributed by atoms with van der Waals surface area (Å²) in [5.41, 5.74) is 0. The van der Waals surface area contributed by atoms with Crippen LogP contribution in [0.1, 0.15) is 0 Å². The fourth-order valence-corrected chi connectivity index (χ4v) is 1.02. The first-order chi connectivity index (χ1) is 2.89. The van der Waals surface area contributed by atoms with Gasteiger partial charge in [-0.2, -0.15) is 12.1 Å². The third kappa shape index (κ3) is 2.58. The fraction of sp³-hybridized carbons (Fsp3) is 0. The third-order valence-electron chi connectivity index (χ3n) is 0.439. The van der Waals surface area contributed by atoms with E-state index in [-0.39, 0.29) is 19.5 Å². The second-order valence-electron chi connectivity index (χ2n) is 0.857. The summed E-state index contributed by atoms with van der Waals surface area (Å²) in [7, 11) is 0. The van der Waals surface area contributed by atoms with Gasteiger partial charge < -0.3 is 0 Å². The zero-order valence-corrected chi connectivity index (χ0v) is 9.02. The van der Waals surface area contributed by atoms with Crippen molar-refractivity contribution in [2.24, 2.45) is 0 Å². The smallest absolute Gasteiger partial charge is 0 e. The molecule has 0 fully saturated rings. The zero-order valence-electron chi connectivity index (χ0n) is 3.65. The van der Waals surface area contributed by atoms with Gasteiger partial charge in [-0.1, -0.05) is 3.79 Å². The Morgan fingerprint density at radius 1 is 1.71 bits per heavy atom. The van der Waals surface area contributed by atoms with Crippen LogP contribution in [0.5, 0.6) is 0 Å². The molecule has 0 aliphatic rings. The number of halogens is 1. The van der Waals surface area contributed by atoms with Crippen LogP contribution in [0.4, 0.5) is 0 Å². The van der Waals surface area contributed by atoms with Gasteiger partial charge >= 0.3 is 0 Å². The quantitative estimate of drug-likeness (QED) is 0.471. The maximum absolute atomic E-state index is 3.27. The Balaban J connectivity index is 0.000000360. The molecule has 0 saturated heterocycles. The Bertz CT molecular complexity index is 115. The molecule has 1 aromatic rings. The minimum Gasteiger partial charge on any atom is -0.289 e. The minimum absolute atomic E-state index is 0. The Labute approximate surface area is 67.8 Å². The van der Waals surface area contributed by atoms with Crippen LogP contribution in [0, 0.1) is 5.38 Å². The van der Waals surface area contributed by atoms with Crippen molar-refractivity contribution in [3.05, 3.63) is 21.3 Å². The average molecular weight is 227 g/mol. The van der Waals surface area contributed by atoms with Crippen LogP contribution in [0.3, 0.4) is 0 Å². The second-order valence-corrected chi connectivity index (χ2v) is 3.12. The summed E-state index contributed by atoms with van der Waals surface area (Å²) in [6, 6.07) is 3.85. The van der Waals surface area contributed by atoms with Gasteiger partial charge in [-0.25, -0.2) is 0 Å². The molecule has 0 saturated carbocycles. The van der Waals surface area contributed by atoms with Gasteiger partial charge in [-0.15, -0.1) is 21.3 Å². The van der Waals surface area contributed by atoms with Gasteiger partial charge in [0, 0.05) is 19.5 Å². The Morgan fingerprint density at radius 2 is 2.43 bits per heavy atom. The van der Waals surface area contributed by atoms with Crippen molar-refractivity contribution in [3.8, 4) is 0 Å². The monoisotopic (exact) mass is 225 g/mol. The largest absolute Gasteiger partial charge is 0.289 e. The molecule has 1 heterocycles. The van der Waals surface area contributed by atoms with Crippen molar-refractivity contribution in [1.82, 2.24) is 0 Å². The molecule has 0 nitrogen and oxygen atoms in total. The van der Waals surface area contributed by atoms with Crippen LogP contribution in [-0.4, -0.2) is 0 Å². The van der Waals surface area contributed by atoms with Crippen molar-refractivity contribution in [2.75, 3.05) is 0 Å². The molecule has 0 aliphatic heterocycles. The molecular formula is C4H2BrSZn-. The van der Waals surface area contributed by atoms with E-state index in [2.05, 4.69) is 21.3 Å². The third-order valence-corrected chi connectivity index (χ3v) is 1.77. The maximum atomic E-state index is 3.27. The van der Waals surface area contributed by atoms with Gasteiger partial charge in [0.15, 0.2) is 0 Å². The standard InChI is InChI=1S/C4H2BrS.Zn/c5-4-2-1-3-6-4;/h1-2H;/q-1;. The van der Waals surface area contributed by atoms with E-state index in [4.69, 9.17) is 0 Å². The van der Waals surface area contributed by atoms with Gasteiger partial charge in [0.05, 0.1) is 0 Å². The number of hydrogen-bond acceptors (Lipinski definition) is 1. The molecule has 0 amide bonds. The number of rotatable bonds is 0. The number of thiophene rings is 1. The SMILES string of the molecule is Brc1cc[c-]s1.[Zn]. The van der Waals surface area contributed by atoms with Crippen LogP contribution in [-0.2, 0) is 19.5 Å². The molecule has 0 atom stereocenters. The summed E-state index contributed by atoms with van der Waals surface area (Å²) >= 11 is 4.84. The van der Waals surface area contributed by atoms with Crippen molar-refractivity contribution in [2.45, 2.75) is 0 Å². The predicted octanol–water partition coefficient (Wildman–Crippen LogP) is 2.31. The van der Waals surface area contributed by atoms with E-state index in [9.17, 15) is 0 Å². The van der Waals surface area contributed by atoms with Crippen molar-refractivity contribution < 1.29 is 19.5 Å². The fourth-order valence-electron chi connectivity index (χ4n) is 0.224. The molecular weight excluding hydrogens is 225 g/mol. The van der Waals surface area contributed by atoms with Gasteiger partial charge in [-0.05, 0) is 0 Å². The normalized spacial score (nSPS) is 7.57. The molecule has 0 bridgehead atoms. The predicted molar refractivity (Wildman–Crippen MR) is 30.9 cm³/mol. The molecule has 34 valence electrons. The summed E-state index contributed by atoms with van der Waals surface area (Å²) in [4.78, 5) is 0. The summed E-state index contributed by atoms with van der Waals surface area (Å²) in [5.74, 6) is 0. The summed E-state index contributed by atoms with van der Waals surface area (Å²) in [6.07, 6.45) is 0. The molecule has 1 rings (SSSR count). The Kier molecular flexibility index (Phi) is 4.19. The van der Waals surface area contributed by atoms with Crippen LogP contribution in [0.15, 0.2) is 15.9 Å². The first-order valence-electron chi connectivity index (χ1n) is 1.51. The van der Waals surface area contributed by atoms with Crippen LogP contribution in [0.2, 0.25) is 0 Å². The van der Waals surface area contributed by atoms with E-state index in [1.807, 2.05) is 12.1 Å². The first kappa shape index (κ1) is 7.80. The van der Waals surface area contributed by atoms with Gasteiger partial charge in [0.1, 0.15) is 0 Å². The van der Waals surface area contributed by atoms with E-state index in [1.54, 1.807) is 11.3 Å². The summed E-state index contributed by atoms with van der Waals surface area (Å²) in [5, 5.41) is 2.92. The van der Waals surface area contributed by atoms with Gasteiger partial charge in [0.2, 0.25) is 0 Å². The van der Waals surface area contributed by atoms with Gasteiger partial charge in [0.25, 0.3) is 0 Å². The summed E-state index contributed by atoms with van der Waals surface area (Å²) < 4.78 is 1.14. The van der Waals surface area contributed by atoms with Crippen molar-refractivity contribution >= 4 is 27.3 Å². The first-order valence-corrected chi connectivity index (χ1v) is 3.12. The topological polar surface area (TPSA) is 0 Å². The van der Waals surface area contributed by atoms with E-state index >= 15 is 0 Å². The Morgan fingerprint density at radius 3 is 2.57 bits per heavy atom.